The van der Waals surface area contributed by atoms with Crippen molar-refractivity contribution >= 4 is 27.3 Å². The van der Waals surface area contributed by atoms with Gasteiger partial charge < -0.3 is 4.74 Å². The Balaban J connectivity index is 2.19. The third-order valence-electron chi connectivity index (χ3n) is 2.33. The van der Waals surface area contributed by atoms with Crippen molar-refractivity contribution in [1.29, 1.82) is 0 Å². The predicted octanol–water partition coefficient (Wildman–Crippen LogP) is 2.71. The summed E-state index contributed by atoms with van der Waals surface area (Å²) in [6.07, 6.45) is 4.27. The number of thiophene rings is 1. The van der Waals surface area contributed by atoms with Gasteiger partial charge >= 0.3 is 0 Å². The molecule has 0 radical (unpaired) electrons. The van der Waals surface area contributed by atoms with Crippen molar-refractivity contribution in [2.24, 2.45) is 5.84 Å². The summed E-state index contributed by atoms with van der Waals surface area (Å²) >= 11 is 5.09. The summed E-state index contributed by atoms with van der Waals surface area (Å²) in [4.78, 5) is 0. The van der Waals surface area contributed by atoms with Crippen LogP contribution < -0.4 is 11.3 Å². The van der Waals surface area contributed by atoms with E-state index in [4.69, 9.17) is 10.6 Å². The molecule has 15 heavy (non-hydrogen) atoms. The first-order chi connectivity index (χ1) is 7.31. The van der Waals surface area contributed by atoms with Gasteiger partial charge in [-0.15, -0.1) is 11.3 Å². The third kappa shape index (κ3) is 2.60. The lowest BCUT2D eigenvalue weighted by atomic mass is 10.1. The minimum Gasteiger partial charge on any atom is -0.496 e. The zero-order valence-corrected chi connectivity index (χ0v) is 10.6. The van der Waals surface area contributed by atoms with Crippen LogP contribution in [-0.2, 0) is 4.74 Å². The average Bonchev–Trinajstić information content (AvgIpc) is 2.68. The van der Waals surface area contributed by atoms with Gasteiger partial charge in [-0.1, -0.05) is 0 Å². The second-order valence-corrected chi connectivity index (χ2v) is 5.67. The lowest BCUT2D eigenvalue weighted by molar-refractivity contribution is 0.168. The van der Waals surface area contributed by atoms with E-state index in [0.717, 1.165) is 34.6 Å². The summed E-state index contributed by atoms with van der Waals surface area (Å²) in [5, 5.41) is 2.08. The van der Waals surface area contributed by atoms with E-state index in [9.17, 15) is 0 Å². The van der Waals surface area contributed by atoms with Crippen molar-refractivity contribution in [3.05, 3.63) is 32.6 Å². The highest BCUT2D eigenvalue weighted by atomic mass is 79.9. The molecule has 1 unspecified atom stereocenters. The molecule has 1 atom stereocenters. The Labute approximate surface area is 101 Å². The fourth-order valence-electron chi connectivity index (χ4n) is 1.60. The van der Waals surface area contributed by atoms with Crippen LogP contribution in [0.1, 0.15) is 24.4 Å². The first-order valence-corrected chi connectivity index (χ1v) is 6.51. The minimum absolute atomic E-state index is 0.0205. The van der Waals surface area contributed by atoms with E-state index in [0.29, 0.717) is 0 Å². The molecule has 3 nitrogen and oxygen atoms in total. The third-order valence-corrected chi connectivity index (χ3v) is 3.86. The van der Waals surface area contributed by atoms with Gasteiger partial charge in [-0.3, -0.25) is 5.84 Å². The van der Waals surface area contributed by atoms with Crippen molar-refractivity contribution in [2.75, 3.05) is 6.61 Å². The van der Waals surface area contributed by atoms with Crippen LogP contribution >= 0.6 is 27.3 Å². The largest absolute Gasteiger partial charge is 0.496 e. The van der Waals surface area contributed by atoms with Gasteiger partial charge in [-0.25, -0.2) is 5.43 Å². The second kappa shape index (κ2) is 5.12. The van der Waals surface area contributed by atoms with Crippen LogP contribution in [0.2, 0.25) is 0 Å². The molecular formula is C10H13BrN2OS. The van der Waals surface area contributed by atoms with E-state index in [1.165, 1.54) is 0 Å². The fraction of sp³-hybridized carbons (Fsp3) is 0.400. The maximum absolute atomic E-state index is 5.60. The smallest absolute Gasteiger partial charge is 0.115 e. The first-order valence-electron chi connectivity index (χ1n) is 4.84. The van der Waals surface area contributed by atoms with Crippen molar-refractivity contribution in [1.82, 2.24) is 5.43 Å². The number of hydrazine groups is 1. The Hall–Kier alpha value is -0.360. The van der Waals surface area contributed by atoms with Crippen molar-refractivity contribution < 1.29 is 4.74 Å². The molecule has 0 fully saturated rings. The summed E-state index contributed by atoms with van der Waals surface area (Å²) in [5.74, 6) is 6.50. The molecule has 1 aliphatic rings. The molecule has 82 valence electrons. The number of hydrogen-bond acceptors (Lipinski definition) is 4. The highest BCUT2D eigenvalue weighted by Gasteiger charge is 2.19. The molecule has 0 aliphatic carbocycles. The standard InChI is InChI=1S/C10H13BrN2OS/c11-9-5-7(6-15-9)10(13-12)8-3-1-2-4-14-8/h3,5-6,10,13H,1-2,4,12H2. The fourth-order valence-corrected chi connectivity index (χ4v) is 2.80. The Kier molecular flexibility index (Phi) is 3.80. The van der Waals surface area contributed by atoms with E-state index < -0.39 is 0 Å². The molecule has 0 bridgehead atoms. The highest BCUT2D eigenvalue weighted by Crippen LogP contribution is 2.30. The second-order valence-electron chi connectivity index (χ2n) is 3.38. The van der Waals surface area contributed by atoms with E-state index in [2.05, 4.69) is 38.9 Å². The monoisotopic (exact) mass is 288 g/mol. The van der Waals surface area contributed by atoms with E-state index in [1.807, 2.05) is 0 Å². The average molecular weight is 289 g/mol. The predicted molar refractivity (Wildman–Crippen MR) is 65.4 cm³/mol. The number of ether oxygens (including phenoxy) is 1. The van der Waals surface area contributed by atoms with Gasteiger partial charge in [0.05, 0.1) is 10.4 Å². The van der Waals surface area contributed by atoms with Crippen LogP contribution in [0.3, 0.4) is 0 Å². The maximum Gasteiger partial charge on any atom is 0.115 e. The van der Waals surface area contributed by atoms with Crippen molar-refractivity contribution in [3.8, 4) is 0 Å². The summed E-state index contributed by atoms with van der Waals surface area (Å²) in [6.45, 7) is 0.787. The van der Waals surface area contributed by atoms with Crippen LogP contribution in [0.4, 0.5) is 0 Å². The molecule has 0 spiro atoms. The normalized spacial score (nSPS) is 18.1. The molecule has 5 heteroatoms. The van der Waals surface area contributed by atoms with E-state index in [-0.39, 0.29) is 6.04 Å². The Morgan fingerprint density at radius 1 is 1.60 bits per heavy atom. The molecule has 1 aromatic rings. The zero-order chi connectivity index (χ0) is 10.7. The number of hydrogen-bond donors (Lipinski definition) is 2. The van der Waals surface area contributed by atoms with Crippen LogP contribution in [0.25, 0.3) is 0 Å². The van der Waals surface area contributed by atoms with Gasteiger partial charge in [-0.05, 0) is 51.9 Å². The number of nitrogens with one attached hydrogen (secondary N) is 1. The van der Waals surface area contributed by atoms with Gasteiger partial charge in [-0.2, -0.15) is 0 Å². The molecule has 0 amide bonds. The van der Waals surface area contributed by atoms with Crippen LogP contribution in [0.15, 0.2) is 27.1 Å². The lowest BCUT2D eigenvalue weighted by Gasteiger charge is -2.22. The molecular weight excluding hydrogens is 276 g/mol. The summed E-state index contributed by atoms with van der Waals surface area (Å²) in [7, 11) is 0. The Bertz CT molecular complexity index is 364. The molecule has 0 aromatic carbocycles. The molecule has 0 saturated carbocycles. The maximum atomic E-state index is 5.60. The number of nitrogens with two attached hydrogens (primary N) is 1. The highest BCUT2D eigenvalue weighted by molar-refractivity contribution is 9.11. The van der Waals surface area contributed by atoms with Crippen molar-refractivity contribution in [3.63, 3.8) is 0 Å². The minimum atomic E-state index is -0.0205. The Morgan fingerprint density at radius 2 is 2.47 bits per heavy atom. The van der Waals surface area contributed by atoms with Gasteiger partial charge in [0.15, 0.2) is 0 Å². The van der Waals surface area contributed by atoms with Gasteiger partial charge in [0, 0.05) is 0 Å². The number of allylic oxidation sites excluding steroid dienone is 1. The van der Waals surface area contributed by atoms with Crippen LogP contribution in [0, 0.1) is 0 Å². The molecule has 2 rings (SSSR count). The van der Waals surface area contributed by atoms with E-state index in [1.54, 1.807) is 11.3 Å². The van der Waals surface area contributed by atoms with E-state index >= 15 is 0 Å². The SMILES string of the molecule is NNC(C1=CCCCO1)c1csc(Br)c1. The quantitative estimate of drug-likeness (QED) is 0.664. The Morgan fingerprint density at radius 3 is 3.00 bits per heavy atom. The van der Waals surface area contributed by atoms with Gasteiger partial charge in [0.2, 0.25) is 0 Å². The summed E-state index contributed by atoms with van der Waals surface area (Å²) in [5.41, 5.74) is 3.94. The first kappa shape index (κ1) is 11.1. The van der Waals surface area contributed by atoms with Gasteiger partial charge in [0.25, 0.3) is 0 Å². The van der Waals surface area contributed by atoms with Crippen molar-refractivity contribution in [2.45, 2.75) is 18.9 Å². The number of halogens is 1. The summed E-state index contributed by atoms with van der Waals surface area (Å²) < 4.78 is 6.71. The van der Waals surface area contributed by atoms with Crippen LogP contribution in [-0.4, -0.2) is 6.61 Å². The topological polar surface area (TPSA) is 47.3 Å². The molecule has 2 heterocycles. The zero-order valence-electron chi connectivity index (χ0n) is 8.20. The molecule has 3 N–H and O–H groups in total. The molecule has 1 aliphatic heterocycles. The molecule has 1 aromatic heterocycles. The molecule has 0 saturated heterocycles. The van der Waals surface area contributed by atoms with Gasteiger partial charge in [0.1, 0.15) is 11.8 Å². The van der Waals surface area contributed by atoms with Crippen LogP contribution in [0.5, 0.6) is 0 Å². The lowest BCUT2D eigenvalue weighted by Crippen LogP contribution is -2.30. The summed E-state index contributed by atoms with van der Waals surface area (Å²) in [6, 6.07) is 2.04. The number of rotatable bonds is 3.